The molecule has 122 valence electrons. The van der Waals surface area contributed by atoms with Gasteiger partial charge in [0.2, 0.25) is 0 Å². The van der Waals surface area contributed by atoms with Crippen LogP contribution in [0, 0.1) is 5.92 Å². The number of rotatable bonds is 9. The van der Waals surface area contributed by atoms with Crippen LogP contribution in [0.3, 0.4) is 0 Å². The number of carbonyl (C=O) groups excluding carboxylic acids is 2. The van der Waals surface area contributed by atoms with E-state index in [4.69, 9.17) is 4.74 Å². The average molecular weight is 305 g/mol. The summed E-state index contributed by atoms with van der Waals surface area (Å²) in [5.74, 6) is 0.0640. The van der Waals surface area contributed by atoms with E-state index in [2.05, 4.69) is 19.2 Å². The molecule has 0 radical (unpaired) electrons. The number of hydrogen-bond donors (Lipinski definition) is 1. The Hall–Kier alpha value is -1.84. The Morgan fingerprint density at radius 1 is 1.09 bits per heavy atom. The molecule has 1 atom stereocenters. The van der Waals surface area contributed by atoms with Crippen LogP contribution in [0.4, 0.5) is 0 Å². The van der Waals surface area contributed by atoms with Gasteiger partial charge in [-0.1, -0.05) is 57.0 Å². The van der Waals surface area contributed by atoms with Crippen LogP contribution < -0.4 is 5.32 Å². The summed E-state index contributed by atoms with van der Waals surface area (Å²) in [5.41, 5.74) is 0.884. The minimum Gasteiger partial charge on any atom is -0.455 e. The van der Waals surface area contributed by atoms with Crippen LogP contribution in [-0.2, 0) is 20.7 Å². The zero-order chi connectivity index (χ0) is 16.4. The second-order valence-electron chi connectivity index (χ2n) is 6.12. The number of hydrogen-bond acceptors (Lipinski definition) is 3. The number of esters is 1. The van der Waals surface area contributed by atoms with Crippen LogP contribution in [0.15, 0.2) is 30.3 Å². The smallest absolute Gasteiger partial charge is 0.310 e. The molecule has 22 heavy (non-hydrogen) atoms. The summed E-state index contributed by atoms with van der Waals surface area (Å²) in [6, 6.07) is 9.46. The van der Waals surface area contributed by atoms with Gasteiger partial charge in [-0.15, -0.1) is 0 Å². The number of nitrogens with one attached hydrogen (secondary N) is 1. The maximum atomic E-state index is 11.7. The van der Waals surface area contributed by atoms with Crippen molar-refractivity contribution in [3.63, 3.8) is 0 Å². The predicted molar refractivity (Wildman–Crippen MR) is 87.4 cm³/mol. The number of ether oxygens (including phenoxy) is 1. The highest BCUT2D eigenvalue weighted by molar-refractivity contribution is 5.81. The molecular weight excluding hydrogens is 278 g/mol. The fraction of sp³-hybridized carbons (Fsp3) is 0.556. The second-order valence-corrected chi connectivity index (χ2v) is 6.12. The molecule has 1 N–H and O–H groups in total. The average Bonchev–Trinajstić information content (AvgIpc) is 2.46. The molecule has 0 aliphatic rings. The molecule has 0 bridgehead atoms. The monoisotopic (exact) mass is 305 g/mol. The van der Waals surface area contributed by atoms with E-state index in [1.165, 1.54) is 0 Å². The Kier molecular flexibility index (Phi) is 8.26. The minimum atomic E-state index is -0.381. The number of benzene rings is 1. The number of amides is 1. The zero-order valence-corrected chi connectivity index (χ0v) is 13.8. The lowest BCUT2D eigenvalue weighted by molar-refractivity contribution is -0.148. The molecule has 0 saturated heterocycles. The van der Waals surface area contributed by atoms with Crippen LogP contribution in [-0.4, -0.2) is 24.5 Å². The molecule has 1 unspecified atom stereocenters. The standard InChI is InChI=1S/C18H27NO3/c1-14(2)8-7-9-15(3)19-17(20)13-22-18(21)12-16-10-5-4-6-11-16/h4-6,10-11,14-15H,7-9,12-13H2,1-3H3,(H,19,20). The minimum absolute atomic E-state index is 0.110. The topological polar surface area (TPSA) is 55.4 Å². The SMILES string of the molecule is CC(C)CCCC(C)NC(=O)COC(=O)Cc1ccccc1. The summed E-state index contributed by atoms with van der Waals surface area (Å²) in [4.78, 5) is 23.4. The van der Waals surface area contributed by atoms with Crippen LogP contribution in [0.25, 0.3) is 0 Å². The van der Waals surface area contributed by atoms with E-state index in [1.54, 1.807) is 0 Å². The van der Waals surface area contributed by atoms with Crippen LogP contribution in [0.5, 0.6) is 0 Å². The van der Waals surface area contributed by atoms with Crippen molar-refractivity contribution in [1.29, 1.82) is 0 Å². The van der Waals surface area contributed by atoms with Gasteiger partial charge >= 0.3 is 5.97 Å². The molecule has 4 heteroatoms. The normalized spacial score (nSPS) is 12.0. The van der Waals surface area contributed by atoms with Gasteiger partial charge in [-0.2, -0.15) is 0 Å². The van der Waals surface area contributed by atoms with Crippen LogP contribution in [0.1, 0.15) is 45.6 Å². The van der Waals surface area contributed by atoms with E-state index in [-0.39, 0.29) is 30.9 Å². The molecule has 0 spiro atoms. The fourth-order valence-corrected chi connectivity index (χ4v) is 2.18. The van der Waals surface area contributed by atoms with Crippen molar-refractivity contribution in [2.45, 2.75) is 52.5 Å². The summed E-state index contributed by atoms with van der Waals surface area (Å²) >= 11 is 0. The van der Waals surface area contributed by atoms with Crippen molar-refractivity contribution in [3.05, 3.63) is 35.9 Å². The summed E-state index contributed by atoms with van der Waals surface area (Å²) in [5, 5.41) is 2.86. The second kappa shape index (κ2) is 9.98. The number of carbonyl (C=O) groups is 2. The molecule has 1 aromatic carbocycles. The third-order valence-electron chi connectivity index (χ3n) is 3.38. The lowest BCUT2D eigenvalue weighted by Crippen LogP contribution is -2.36. The molecule has 1 amide bonds. The fourth-order valence-electron chi connectivity index (χ4n) is 2.18. The quantitative estimate of drug-likeness (QED) is 0.713. The van der Waals surface area contributed by atoms with Gasteiger partial charge in [-0.25, -0.2) is 0 Å². The van der Waals surface area contributed by atoms with E-state index >= 15 is 0 Å². The van der Waals surface area contributed by atoms with Crippen LogP contribution >= 0.6 is 0 Å². The lowest BCUT2D eigenvalue weighted by Gasteiger charge is -2.14. The van der Waals surface area contributed by atoms with Crippen LogP contribution in [0.2, 0.25) is 0 Å². The maximum Gasteiger partial charge on any atom is 0.310 e. The Labute approximate surface area is 133 Å². The molecule has 0 aromatic heterocycles. The maximum absolute atomic E-state index is 11.7. The summed E-state index contributed by atoms with van der Waals surface area (Å²) < 4.78 is 5.00. The van der Waals surface area contributed by atoms with Gasteiger partial charge in [0, 0.05) is 6.04 Å². The van der Waals surface area contributed by atoms with Gasteiger partial charge in [0.05, 0.1) is 6.42 Å². The Bertz CT molecular complexity index is 457. The van der Waals surface area contributed by atoms with E-state index in [0.29, 0.717) is 5.92 Å². The van der Waals surface area contributed by atoms with Crippen molar-refractivity contribution in [2.75, 3.05) is 6.61 Å². The van der Waals surface area contributed by atoms with Gasteiger partial charge < -0.3 is 10.1 Å². The highest BCUT2D eigenvalue weighted by atomic mass is 16.5. The van der Waals surface area contributed by atoms with Crippen molar-refractivity contribution in [2.24, 2.45) is 5.92 Å². The van der Waals surface area contributed by atoms with Gasteiger partial charge in [-0.05, 0) is 24.8 Å². The third-order valence-corrected chi connectivity index (χ3v) is 3.38. The summed E-state index contributed by atoms with van der Waals surface area (Å²) in [7, 11) is 0. The predicted octanol–water partition coefficient (Wildman–Crippen LogP) is 3.10. The Morgan fingerprint density at radius 3 is 2.41 bits per heavy atom. The molecule has 0 saturated carbocycles. The van der Waals surface area contributed by atoms with Gasteiger partial charge in [0.25, 0.3) is 5.91 Å². The van der Waals surface area contributed by atoms with Crippen molar-refractivity contribution < 1.29 is 14.3 Å². The summed E-state index contributed by atoms with van der Waals surface area (Å²) in [6.07, 6.45) is 3.39. The first-order chi connectivity index (χ1) is 10.5. The van der Waals surface area contributed by atoms with Crippen molar-refractivity contribution in [3.8, 4) is 0 Å². The van der Waals surface area contributed by atoms with E-state index < -0.39 is 0 Å². The Morgan fingerprint density at radius 2 is 1.77 bits per heavy atom. The highest BCUT2D eigenvalue weighted by Gasteiger charge is 2.11. The zero-order valence-electron chi connectivity index (χ0n) is 13.8. The molecule has 1 rings (SSSR count). The van der Waals surface area contributed by atoms with Gasteiger partial charge in [0.15, 0.2) is 6.61 Å². The first kappa shape index (κ1) is 18.2. The molecule has 0 aliphatic carbocycles. The molecular formula is C18H27NO3. The first-order valence-electron chi connectivity index (χ1n) is 7.96. The molecule has 1 aromatic rings. The lowest BCUT2D eigenvalue weighted by atomic mass is 10.0. The summed E-state index contributed by atoms with van der Waals surface area (Å²) in [6.45, 7) is 6.15. The van der Waals surface area contributed by atoms with Crippen molar-refractivity contribution in [1.82, 2.24) is 5.32 Å². The largest absolute Gasteiger partial charge is 0.455 e. The van der Waals surface area contributed by atoms with Crippen molar-refractivity contribution >= 4 is 11.9 Å². The van der Waals surface area contributed by atoms with E-state index in [9.17, 15) is 9.59 Å². The van der Waals surface area contributed by atoms with E-state index in [0.717, 1.165) is 24.8 Å². The molecule has 0 heterocycles. The molecule has 4 nitrogen and oxygen atoms in total. The van der Waals surface area contributed by atoms with Gasteiger partial charge in [-0.3, -0.25) is 9.59 Å². The first-order valence-corrected chi connectivity index (χ1v) is 7.96. The molecule has 0 fully saturated rings. The Balaban J connectivity index is 2.18. The highest BCUT2D eigenvalue weighted by Crippen LogP contribution is 2.08. The van der Waals surface area contributed by atoms with Gasteiger partial charge in [0.1, 0.15) is 0 Å². The van der Waals surface area contributed by atoms with E-state index in [1.807, 2.05) is 37.3 Å². The molecule has 0 aliphatic heterocycles. The third kappa shape index (κ3) is 8.45.